The first-order valence-corrected chi connectivity index (χ1v) is 9.02. The molecule has 0 saturated carbocycles. The molecular weight excluding hydrogens is 335 g/mol. The quantitative estimate of drug-likeness (QED) is 0.861. The molecule has 0 unspecified atom stereocenters. The van der Waals surface area contributed by atoms with Crippen LogP contribution in [0.4, 0.5) is 0 Å². The standard InChI is InChI=1S/C13H16Cl2N2O3S/c14-10-2-1-3-11(15)9(10)8-17-13(12(16)18)4-6-21(19,20)7-5-13/h1-3,17H,4-8H2,(H2,16,18). The summed E-state index contributed by atoms with van der Waals surface area (Å²) in [5.41, 5.74) is 5.10. The molecule has 5 nitrogen and oxygen atoms in total. The monoisotopic (exact) mass is 350 g/mol. The maximum atomic E-state index is 11.8. The fourth-order valence-corrected chi connectivity index (χ4v) is 4.41. The Hall–Kier alpha value is -0.820. The highest BCUT2D eigenvalue weighted by Gasteiger charge is 2.41. The van der Waals surface area contributed by atoms with E-state index in [0.717, 1.165) is 0 Å². The lowest BCUT2D eigenvalue weighted by Crippen LogP contribution is -2.59. The van der Waals surface area contributed by atoms with Gasteiger partial charge in [0.1, 0.15) is 9.84 Å². The maximum absolute atomic E-state index is 11.8. The Balaban J connectivity index is 2.17. The zero-order valence-corrected chi connectivity index (χ0v) is 13.6. The third-order valence-electron chi connectivity index (χ3n) is 3.82. The van der Waals surface area contributed by atoms with Gasteiger partial charge in [-0.3, -0.25) is 10.1 Å². The number of hydrogen-bond acceptors (Lipinski definition) is 4. The Bertz CT molecular complexity index is 627. The lowest BCUT2D eigenvalue weighted by Gasteiger charge is -2.35. The molecule has 0 bridgehead atoms. The normalized spacial score (nSPS) is 20.1. The van der Waals surface area contributed by atoms with E-state index < -0.39 is 21.3 Å². The third kappa shape index (κ3) is 3.69. The van der Waals surface area contributed by atoms with Crippen molar-refractivity contribution >= 4 is 38.9 Å². The van der Waals surface area contributed by atoms with Crippen molar-refractivity contribution in [2.24, 2.45) is 5.73 Å². The average molecular weight is 351 g/mol. The SMILES string of the molecule is NC(=O)C1(NCc2c(Cl)cccc2Cl)CCS(=O)(=O)CC1. The number of hydrogen-bond donors (Lipinski definition) is 2. The van der Waals surface area contributed by atoms with Crippen molar-refractivity contribution in [1.82, 2.24) is 5.32 Å². The number of sulfone groups is 1. The van der Waals surface area contributed by atoms with Crippen LogP contribution in [0.2, 0.25) is 10.0 Å². The van der Waals surface area contributed by atoms with Gasteiger partial charge in [0.2, 0.25) is 5.91 Å². The van der Waals surface area contributed by atoms with Crippen molar-refractivity contribution in [3.63, 3.8) is 0 Å². The van der Waals surface area contributed by atoms with Crippen LogP contribution in [0.1, 0.15) is 18.4 Å². The van der Waals surface area contributed by atoms with Gasteiger partial charge in [-0.1, -0.05) is 29.3 Å². The number of nitrogens with two attached hydrogens (primary N) is 1. The first-order valence-electron chi connectivity index (χ1n) is 6.44. The molecule has 1 heterocycles. The van der Waals surface area contributed by atoms with E-state index in [1.54, 1.807) is 18.2 Å². The zero-order valence-electron chi connectivity index (χ0n) is 11.2. The molecule has 1 aromatic rings. The van der Waals surface area contributed by atoms with E-state index in [2.05, 4.69) is 5.32 Å². The maximum Gasteiger partial charge on any atom is 0.237 e. The first kappa shape index (κ1) is 16.5. The minimum absolute atomic E-state index is 0.0564. The fourth-order valence-electron chi connectivity index (χ4n) is 2.36. The van der Waals surface area contributed by atoms with Gasteiger partial charge in [0.05, 0.1) is 17.0 Å². The molecule has 1 fully saturated rings. The number of nitrogens with one attached hydrogen (secondary N) is 1. The van der Waals surface area contributed by atoms with Gasteiger partial charge in [0.15, 0.2) is 0 Å². The summed E-state index contributed by atoms with van der Waals surface area (Å²) in [6.45, 7) is 0.251. The minimum Gasteiger partial charge on any atom is -0.368 e. The lowest BCUT2D eigenvalue weighted by atomic mass is 9.91. The summed E-state index contributed by atoms with van der Waals surface area (Å²) >= 11 is 12.2. The molecule has 116 valence electrons. The van der Waals surface area contributed by atoms with Crippen LogP contribution in [0.15, 0.2) is 18.2 Å². The van der Waals surface area contributed by atoms with Gasteiger partial charge in [-0.2, -0.15) is 0 Å². The van der Waals surface area contributed by atoms with Gasteiger partial charge < -0.3 is 5.73 Å². The molecule has 0 aliphatic carbocycles. The molecule has 21 heavy (non-hydrogen) atoms. The summed E-state index contributed by atoms with van der Waals surface area (Å²) in [5, 5.41) is 4.03. The van der Waals surface area contributed by atoms with Crippen LogP contribution in [-0.4, -0.2) is 31.4 Å². The molecule has 0 aromatic heterocycles. The van der Waals surface area contributed by atoms with E-state index in [1.807, 2.05) is 0 Å². The van der Waals surface area contributed by atoms with E-state index in [1.165, 1.54) is 0 Å². The topological polar surface area (TPSA) is 89.3 Å². The van der Waals surface area contributed by atoms with Crippen LogP contribution in [0.3, 0.4) is 0 Å². The summed E-state index contributed by atoms with van der Waals surface area (Å²) in [6, 6.07) is 5.13. The number of halogens is 2. The van der Waals surface area contributed by atoms with Crippen LogP contribution in [0, 0.1) is 0 Å². The average Bonchev–Trinajstić information content (AvgIpc) is 2.40. The van der Waals surface area contributed by atoms with Gasteiger partial charge in [-0.05, 0) is 25.0 Å². The van der Waals surface area contributed by atoms with Crippen molar-refractivity contribution in [2.75, 3.05) is 11.5 Å². The van der Waals surface area contributed by atoms with Gasteiger partial charge in [0, 0.05) is 22.2 Å². The smallest absolute Gasteiger partial charge is 0.237 e. The van der Waals surface area contributed by atoms with Crippen LogP contribution in [0.25, 0.3) is 0 Å². The van der Waals surface area contributed by atoms with Crippen molar-refractivity contribution in [2.45, 2.75) is 24.9 Å². The van der Waals surface area contributed by atoms with Gasteiger partial charge >= 0.3 is 0 Å². The van der Waals surface area contributed by atoms with Crippen LogP contribution < -0.4 is 11.1 Å². The Morgan fingerprint density at radius 2 is 1.76 bits per heavy atom. The van der Waals surface area contributed by atoms with Gasteiger partial charge in [0.25, 0.3) is 0 Å². The Labute approximate surface area is 133 Å². The summed E-state index contributed by atoms with van der Waals surface area (Å²) in [6.07, 6.45) is 0.319. The second-order valence-electron chi connectivity index (χ2n) is 5.15. The summed E-state index contributed by atoms with van der Waals surface area (Å²) in [7, 11) is -3.09. The van der Waals surface area contributed by atoms with Crippen molar-refractivity contribution < 1.29 is 13.2 Å². The van der Waals surface area contributed by atoms with E-state index in [0.29, 0.717) is 15.6 Å². The number of amides is 1. The highest BCUT2D eigenvalue weighted by atomic mass is 35.5. The fraction of sp³-hybridized carbons (Fsp3) is 0.462. The molecule has 0 spiro atoms. The Kier molecular flexibility index (Phi) is 4.82. The van der Waals surface area contributed by atoms with E-state index >= 15 is 0 Å². The van der Waals surface area contributed by atoms with Crippen molar-refractivity contribution in [3.8, 4) is 0 Å². The van der Waals surface area contributed by atoms with Crippen LogP contribution >= 0.6 is 23.2 Å². The number of carbonyl (C=O) groups excluding carboxylic acids is 1. The molecular formula is C13H16Cl2N2O3S. The predicted molar refractivity (Wildman–Crippen MR) is 83.1 cm³/mol. The summed E-state index contributed by atoms with van der Waals surface area (Å²) in [4.78, 5) is 11.8. The van der Waals surface area contributed by atoms with Gasteiger partial charge in [-0.15, -0.1) is 0 Å². The second kappa shape index (κ2) is 6.12. The lowest BCUT2D eigenvalue weighted by molar-refractivity contribution is -0.124. The van der Waals surface area contributed by atoms with Gasteiger partial charge in [-0.25, -0.2) is 8.42 Å². The molecule has 1 aliphatic heterocycles. The van der Waals surface area contributed by atoms with Crippen LogP contribution in [-0.2, 0) is 21.2 Å². The molecule has 1 aliphatic rings. The number of primary amides is 1. The number of carbonyl (C=O) groups is 1. The molecule has 1 saturated heterocycles. The molecule has 1 aromatic carbocycles. The molecule has 0 radical (unpaired) electrons. The summed E-state index contributed by atoms with van der Waals surface area (Å²) in [5.74, 6) is -0.668. The largest absolute Gasteiger partial charge is 0.368 e. The Morgan fingerprint density at radius 1 is 1.24 bits per heavy atom. The molecule has 3 N–H and O–H groups in total. The predicted octanol–water partition coefficient (Wildman–Crippen LogP) is 1.52. The molecule has 0 atom stereocenters. The highest BCUT2D eigenvalue weighted by molar-refractivity contribution is 7.91. The van der Waals surface area contributed by atoms with E-state index in [9.17, 15) is 13.2 Å². The second-order valence-corrected chi connectivity index (χ2v) is 8.27. The Morgan fingerprint density at radius 3 is 2.24 bits per heavy atom. The van der Waals surface area contributed by atoms with Crippen molar-refractivity contribution in [3.05, 3.63) is 33.8 Å². The molecule has 1 amide bonds. The minimum atomic E-state index is -3.09. The number of benzene rings is 1. The molecule has 2 rings (SSSR count). The van der Waals surface area contributed by atoms with Crippen LogP contribution in [0.5, 0.6) is 0 Å². The number of rotatable bonds is 4. The van der Waals surface area contributed by atoms with Crippen molar-refractivity contribution in [1.29, 1.82) is 0 Å². The third-order valence-corrected chi connectivity index (χ3v) is 6.18. The van der Waals surface area contributed by atoms with E-state index in [4.69, 9.17) is 28.9 Å². The highest BCUT2D eigenvalue weighted by Crippen LogP contribution is 2.28. The molecule has 8 heteroatoms. The summed E-state index contributed by atoms with van der Waals surface area (Å²) < 4.78 is 23.0. The van der Waals surface area contributed by atoms with E-state index in [-0.39, 0.29) is 30.9 Å². The first-order chi connectivity index (χ1) is 9.76. The zero-order chi connectivity index (χ0) is 15.7.